The van der Waals surface area contributed by atoms with Gasteiger partial charge in [0.15, 0.2) is 5.82 Å². The van der Waals surface area contributed by atoms with E-state index >= 15 is 0 Å². The van der Waals surface area contributed by atoms with Crippen LogP contribution in [0, 0.1) is 0 Å². The molecule has 2 N–H and O–H groups in total. The minimum atomic E-state index is -4.19. The van der Waals surface area contributed by atoms with Crippen molar-refractivity contribution in [2.75, 3.05) is 9.44 Å². The molecule has 0 bridgehead atoms. The van der Waals surface area contributed by atoms with Gasteiger partial charge < -0.3 is 0 Å². The molecule has 3 heterocycles. The van der Waals surface area contributed by atoms with E-state index in [0.717, 1.165) is 22.9 Å². The molecule has 0 amide bonds. The van der Waals surface area contributed by atoms with E-state index in [4.69, 9.17) is 11.6 Å². The average Bonchev–Trinajstić information content (AvgIpc) is 3.33. The molecule has 0 spiro atoms. The summed E-state index contributed by atoms with van der Waals surface area (Å²) in [5, 5.41) is 1.95. The van der Waals surface area contributed by atoms with Crippen molar-refractivity contribution in [1.29, 1.82) is 0 Å². The van der Waals surface area contributed by atoms with Gasteiger partial charge in [0, 0.05) is 13.2 Å². The van der Waals surface area contributed by atoms with Crippen LogP contribution >= 0.6 is 34.5 Å². The van der Waals surface area contributed by atoms with Gasteiger partial charge in [-0.15, -0.1) is 11.3 Å². The Hall–Kier alpha value is -2.45. The van der Waals surface area contributed by atoms with Gasteiger partial charge in [-0.05, 0) is 47.2 Å². The van der Waals surface area contributed by atoms with Crippen LogP contribution in [0.25, 0.3) is 10.9 Å². The Kier molecular flexibility index (Phi) is 5.55. The standard InChI is InChI=1S/C17H13ClN4O5S4/c1-22-14-5-4-11(8-12(14)17(23)29-22)30(24,25)20-13-7-10(18)9-19-16(13)21-31(26,27)15-3-2-6-28-15/h2-9,20H,1H3,(H,19,21). The molecule has 31 heavy (non-hydrogen) atoms. The van der Waals surface area contributed by atoms with Gasteiger partial charge in [-0.25, -0.2) is 21.8 Å². The lowest BCUT2D eigenvalue weighted by Gasteiger charge is -2.13. The van der Waals surface area contributed by atoms with Crippen molar-refractivity contribution in [3.8, 4) is 0 Å². The average molecular weight is 517 g/mol. The quantitative estimate of drug-likeness (QED) is 0.404. The maximum Gasteiger partial charge on any atom is 0.272 e. The number of hydrogen-bond donors (Lipinski definition) is 2. The fraction of sp³-hybridized carbons (Fsp3) is 0.0588. The van der Waals surface area contributed by atoms with E-state index in [9.17, 15) is 21.6 Å². The number of thiophene rings is 1. The number of benzene rings is 1. The highest BCUT2D eigenvalue weighted by Gasteiger charge is 2.22. The fourth-order valence-electron chi connectivity index (χ4n) is 2.74. The molecule has 0 saturated carbocycles. The SMILES string of the molecule is Cn1sc(=O)c2cc(S(=O)(=O)Nc3cc(Cl)cnc3NS(=O)(=O)c3cccs3)ccc21. The van der Waals surface area contributed by atoms with Gasteiger partial charge in [0.25, 0.3) is 24.8 Å². The number of fused-ring (bicyclic) bond motifs is 1. The Labute approximate surface area is 190 Å². The zero-order chi connectivity index (χ0) is 22.4. The molecule has 0 aliphatic carbocycles. The summed E-state index contributed by atoms with van der Waals surface area (Å²) in [6.07, 6.45) is 1.19. The van der Waals surface area contributed by atoms with Crippen LogP contribution in [0.1, 0.15) is 0 Å². The second kappa shape index (κ2) is 7.91. The van der Waals surface area contributed by atoms with Crippen LogP contribution < -0.4 is 14.2 Å². The molecule has 0 fully saturated rings. The van der Waals surface area contributed by atoms with Gasteiger partial charge in [-0.1, -0.05) is 17.7 Å². The summed E-state index contributed by atoms with van der Waals surface area (Å²) in [6, 6.07) is 8.36. The number of aryl methyl sites for hydroxylation is 1. The summed E-state index contributed by atoms with van der Waals surface area (Å²) in [6.45, 7) is 0. The normalized spacial score (nSPS) is 12.2. The summed E-state index contributed by atoms with van der Waals surface area (Å²) >= 11 is 7.91. The second-order valence-electron chi connectivity index (χ2n) is 6.25. The molecule has 3 aromatic heterocycles. The first-order chi connectivity index (χ1) is 14.6. The van der Waals surface area contributed by atoms with E-state index in [1.54, 1.807) is 22.5 Å². The zero-order valence-corrected chi connectivity index (χ0v) is 19.6. The van der Waals surface area contributed by atoms with Crippen molar-refractivity contribution >= 4 is 76.9 Å². The Bertz CT molecular complexity index is 1560. The smallest absolute Gasteiger partial charge is 0.272 e. The number of nitrogens with one attached hydrogen (secondary N) is 2. The highest BCUT2D eigenvalue weighted by atomic mass is 35.5. The maximum atomic E-state index is 13.0. The Morgan fingerprint density at radius 3 is 2.55 bits per heavy atom. The molecule has 0 aliphatic heterocycles. The van der Waals surface area contributed by atoms with Gasteiger partial charge >= 0.3 is 0 Å². The molecule has 0 radical (unpaired) electrons. The third kappa shape index (κ3) is 4.32. The number of sulfonamides is 2. The van der Waals surface area contributed by atoms with Crippen LogP contribution in [-0.2, 0) is 27.1 Å². The highest BCUT2D eigenvalue weighted by Crippen LogP contribution is 2.29. The first-order valence-corrected chi connectivity index (χ1v) is 13.4. The molecule has 14 heteroatoms. The van der Waals surface area contributed by atoms with Crippen molar-refractivity contribution < 1.29 is 16.8 Å². The van der Waals surface area contributed by atoms with Crippen LogP contribution in [0.15, 0.2) is 61.9 Å². The van der Waals surface area contributed by atoms with E-state index < -0.39 is 20.0 Å². The number of pyridine rings is 1. The monoisotopic (exact) mass is 516 g/mol. The number of aromatic nitrogens is 2. The van der Waals surface area contributed by atoms with Gasteiger partial charge in [-0.2, -0.15) is 0 Å². The molecule has 4 aromatic rings. The predicted molar refractivity (Wildman–Crippen MR) is 122 cm³/mol. The van der Waals surface area contributed by atoms with Crippen molar-refractivity contribution in [1.82, 2.24) is 8.94 Å². The minimum Gasteiger partial charge on any atom is -0.297 e. The zero-order valence-electron chi connectivity index (χ0n) is 15.6. The third-order valence-corrected chi connectivity index (χ3v) is 9.31. The largest absolute Gasteiger partial charge is 0.297 e. The molecule has 1 aromatic carbocycles. The summed E-state index contributed by atoms with van der Waals surface area (Å²) < 4.78 is 57.0. The third-order valence-electron chi connectivity index (χ3n) is 4.15. The van der Waals surface area contributed by atoms with Crippen molar-refractivity contribution in [3.63, 3.8) is 0 Å². The number of nitrogens with zero attached hydrogens (tertiary/aromatic N) is 2. The topological polar surface area (TPSA) is 127 Å². The molecule has 0 saturated heterocycles. The lowest BCUT2D eigenvalue weighted by Crippen LogP contribution is -2.18. The number of anilines is 2. The van der Waals surface area contributed by atoms with Crippen LogP contribution in [0.5, 0.6) is 0 Å². The van der Waals surface area contributed by atoms with E-state index in [-0.39, 0.29) is 35.8 Å². The van der Waals surface area contributed by atoms with E-state index in [1.807, 2.05) is 0 Å². The molecule has 9 nitrogen and oxygen atoms in total. The lowest BCUT2D eigenvalue weighted by molar-refractivity contribution is 0.599. The van der Waals surface area contributed by atoms with Crippen LogP contribution in [0.2, 0.25) is 5.02 Å². The van der Waals surface area contributed by atoms with Crippen molar-refractivity contribution in [2.24, 2.45) is 7.05 Å². The first-order valence-electron chi connectivity index (χ1n) is 8.41. The van der Waals surface area contributed by atoms with Gasteiger partial charge in [0.1, 0.15) is 4.21 Å². The number of rotatable bonds is 6. The van der Waals surface area contributed by atoms with Crippen LogP contribution in [0.4, 0.5) is 11.5 Å². The highest BCUT2D eigenvalue weighted by molar-refractivity contribution is 7.94. The lowest BCUT2D eigenvalue weighted by atomic mass is 10.2. The van der Waals surface area contributed by atoms with Gasteiger partial charge in [-0.3, -0.25) is 18.2 Å². The molecule has 0 atom stereocenters. The Morgan fingerprint density at radius 2 is 1.84 bits per heavy atom. The van der Waals surface area contributed by atoms with Crippen molar-refractivity contribution in [2.45, 2.75) is 9.10 Å². The van der Waals surface area contributed by atoms with Gasteiger partial charge in [0.05, 0.1) is 26.5 Å². The Morgan fingerprint density at radius 1 is 1.06 bits per heavy atom. The van der Waals surface area contributed by atoms with E-state index in [1.165, 1.54) is 36.5 Å². The van der Waals surface area contributed by atoms with E-state index in [0.29, 0.717) is 5.52 Å². The number of hydrogen-bond acceptors (Lipinski definition) is 8. The van der Waals surface area contributed by atoms with E-state index in [2.05, 4.69) is 14.4 Å². The second-order valence-corrected chi connectivity index (χ2v) is 12.3. The van der Waals surface area contributed by atoms with Crippen molar-refractivity contribution in [3.05, 3.63) is 62.5 Å². The Balaban J connectivity index is 1.73. The summed E-state index contributed by atoms with van der Waals surface area (Å²) in [5.41, 5.74) is 0.439. The maximum absolute atomic E-state index is 13.0. The van der Waals surface area contributed by atoms with Crippen LogP contribution in [-0.4, -0.2) is 25.8 Å². The van der Waals surface area contributed by atoms with Gasteiger partial charge in [0.2, 0.25) is 0 Å². The summed E-state index contributed by atoms with van der Waals surface area (Å²) in [5.74, 6) is -0.242. The molecule has 0 aliphatic rings. The molecular weight excluding hydrogens is 504 g/mol. The number of halogens is 1. The summed E-state index contributed by atoms with van der Waals surface area (Å²) in [4.78, 5) is 15.8. The van der Waals surface area contributed by atoms with Crippen LogP contribution in [0.3, 0.4) is 0 Å². The molecular formula is C17H13ClN4O5S4. The minimum absolute atomic E-state index is 0.0387. The fourth-order valence-corrected chi connectivity index (χ4v) is 6.77. The summed E-state index contributed by atoms with van der Waals surface area (Å²) in [7, 11) is -6.46. The molecule has 162 valence electrons. The molecule has 4 rings (SSSR count). The first kappa shape index (κ1) is 21.8. The molecule has 0 unspecified atom stereocenters. The predicted octanol–water partition coefficient (Wildman–Crippen LogP) is 3.31.